The lowest BCUT2D eigenvalue weighted by Gasteiger charge is -2.07. The highest BCUT2D eigenvalue weighted by Crippen LogP contribution is 2.17. The predicted molar refractivity (Wildman–Crippen MR) is 90.2 cm³/mol. The zero-order chi connectivity index (χ0) is 16.2. The second-order valence-corrected chi connectivity index (χ2v) is 5.48. The molecule has 0 radical (unpaired) electrons. The fourth-order valence-electron chi connectivity index (χ4n) is 2.18. The Bertz CT molecular complexity index is 856. The Morgan fingerprint density at radius 3 is 2.57 bits per heavy atom. The number of carbonyl (C=O) groups excluding carboxylic acids is 2. The average Bonchev–Trinajstić information content (AvgIpc) is 3.01. The number of hydrogen-bond donors (Lipinski definition) is 3. The van der Waals surface area contributed by atoms with Crippen LogP contribution in [0.1, 0.15) is 5.56 Å². The van der Waals surface area contributed by atoms with Crippen LogP contribution in [-0.2, 0) is 16.1 Å². The van der Waals surface area contributed by atoms with Crippen molar-refractivity contribution >= 4 is 40.0 Å². The van der Waals surface area contributed by atoms with Crippen LogP contribution < -0.4 is 10.6 Å². The Morgan fingerprint density at radius 1 is 1.00 bits per heavy atom. The number of halogens is 1. The van der Waals surface area contributed by atoms with Crippen LogP contribution in [-0.4, -0.2) is 16.8 Å². The zero-order valence-electron chi connectivity index (χ0n) is 12.1. The highest BCUT2D eigenvalue weighted by atomic mass is 35.5. The number of anilines is 1. The first-order chi connectivity index (χ1) is 11.1. The molecule has 2 amide bonds. The van der Waals surface area contributed by atoms with E-state index in [1.54, 1.807) is 36.4 Å². The van der Waals surface area contributed by atoms with Gasteiger partial charge in [-0.2, -0.15) is 0 Å². The summed E-state index contributed by atoms with van der Waals surface area (Å²) in [4.78, 5) is 26.8. The van der Waals surface area contributed by atoms with Crippen LogP contribution >= 0.6 is 11.6 Å². The van der Waals surface area contributed by atoms with Crippen molar-refractivity contribution in [2.24, 2.45) is 0 Å². The number of hydrogen-bond acceptors (Lipinski definition) is 2. The van der Waals surface area contributed by atoms with Crippen molar-refractivity contribution < 1.29 is 9.59 Å². The summed E-state index contributed by atoms with van der Waals surface area (Å²) in [7, 11) is 0. The third-order valence-electron chi connectivity index (χ3n) is 3.38. The molecule has 3 N–H and O–H groups in total. The topological polar surface area (TPSA) is 74.0 Å². The first-order valence-corrected chi connectivity index (χ1v) is 7.40. The third kappa shape index (κ3) is 3.70. The van der Waals surface area contributed by atoms with E-state index < -0.39 is 11.8 Å². The second kappa shape index (κ2) is 6.54. The van der Waals surface area contributed by atoms with Crippen LogP contribution in [0.15, 0.2) is 54.7 Å². The van der Waals surface area contributed by atoms with Gasteiger partial charge in [-0.3, -0.25) is 9.59 Å². The lowest BCUT2D eigenvalue weighted by Crippen LogP contribution is -2.34. The maximum absolute atomic E-state index is 11.9. The molecule has 0 saturated carbocycles. The van der Waals surface area contributed by atoms with Crippen molar-refractivity contribution in [2.45, 2.75) is 6.54 Å². The Kier molecular flexibility index (Phi) is 4.30. The SMILES string of the molecule is O=C(NCc1ccc(Cl)cc1)C(=O)Nc1ccc2[nH]ccc2c1. The summed E-state index contributed by atoms with van der Waals surface area (Å²) in [5.41, 5.74) is 2.41. The molecule has 0 aliphatic heterocycles. The standard InChI is InChI=1S/C17H14ClN3O2/c18-13-3-1-11(2-4-13)10-20-16(22)17(23)21-14-5-6-15-12(9-14)7-8-19-15/h1-9,19H,10H2,(H,20,22)(H,21,23). The molecule has 5 nitrogen and oxygen atoms in total. The van der Waals surface area contributed by atoms with Gasteiger partial charge in [0, 0.05) is 34.4 Å². The fraction of sp³-hybridized carbons (Fsp3) is 0.0588. The summed E-state index contributed by atoms with van der Waals surface area (Å²) in [5, 5.41) is 6.74. The number of aromatic nitrogens is 1. The Hall–Kier alpha value is -2.79. The van der Waals surface area contributed by atoms with E-state index >= 15 is 0 Å². The number of rotatable bonds is 3. The third-order valence-corrected chi connectivity index (χ3v) is 3.64. The average molecular weight is 328 g/mol. The van der Waals surface area contributed by atoms with Crippen LogP contribution in [0.25, 0.3) is 10.9 Å². The molecule has 2 aromatic carbocycles. The van der Waals surface area contributed by atoms with E-state index in [1.165, 1.54) is 0 Å². The molecule has 0 bridgehead atoms. The monoisotopic (exact) mass is 327 g/mol. The number of aromatic amines is 1. The van der Waals surface area contributed by atoms with Gasteiger partial charge in [0.05, 0.1) is 0 Å². The Balaban J connectivity index is 1.58. The van der Waals surface area contributed by atoms with Gasteiger partial charge in [0.2, 0.25) is 0 Å². The fourth-order valence-corrected chi connectivity index (χ4v) is 2.31. The molecule has 0 unspecified atom stereocenters. The van der Waals surface area contributed by atoms with E-state index in [-0.39, 0.29) is 6.54 Å². The van der Waals surface area contributed by atoms with Gasteiger partial charge in [0.15, 0.2) is 0 Å². The van der Waals surface area contributed by atoms with E-state index in [9.17, 15) is 9.59 Å². The zero-order valence-corrected chi connectivity index (χ0v) is 12.9. The van der Waals surface area contributed by atoms with Crippen LogP contribution in [0.4, 0.5) is 5.69 Å². The molecule has 0 saturated heterocycles. The van der Waals surface area contributed by atoms with Crippen molar-refractivity contribution in [1.29, 1.82) is 0 Å². The highest BCUT2D eigenvalue weighted by molar-refractivity contribution is 6.39. The molecule has 3 rings (SSSR count). The summed E-state index contributed by atoms with van der Waals surface area (Å²) >= 11 is 5.79. The lowest BCUT2D eigenvalue weighted by molar-refractivity contribution is -0.136. The van der Waals surface area contributed by atoms with Gasteiger partial charge in [-0.05, 0) is 42.0 Å². The molecule has 1 heterocycles. The molecule has 116 valence electrons. The lowest BCUT2D eigenvalue weighted by atomic mass is 10.2. The minimum absolute atomic E-state index is 0.264. The summed E-state index contributed by atoms with van der Waals surface area (Å²) in [6.07, 6.45) is 1.81. The second-order valence-electron chi connectivity index (χ2n) is 5.04. The molecular formula is C17H14ClN3O2. The predicted octanol–water partition coefficient (Wildman–Crippen LogP) is 3.08. The molecule has 23 heavy (non-hydrogen) atoms. The summed E-state index contributed by atoms with van der Waals surface area (Å²) in [6.45, 7) is 0.264. The molecule has 0 fully saturated rings. The maximum Gasteiger partial charge on any atom is 0.313 e. The van der Waals surface area contributed by atoms with Crippen molar-refractivity contribution in [1.82, 2.24) is 10.3 Å². The minimum Gasteiger partial charge on any atom is -0.361 e. The van der Waals surface area contributed by atoms with Crippen molar-refractivity contribution in [2.75, 3.05) is 5.32 Å². The number of H-pyrrole nitrogens is 1. The van der Waals surface area contributed by atoms with E-state index in [0.29, 0.717) is 10.7 Å². The molecule has 0 aliphatic carbocycles. The van der Waals surface area contributed by atoms with Gasteiger partial charge in [-0.15, -0.1) is 0 Å². The molecule has 0 spiro atoms. The van der Waals surface area contributed by atoms with E-state index in [1.807, 2.05) is 18.3 Å². The Labute approximate surface area is 137 Å². The summed E-state index contributed by atoms with van der Waals surface area (Å²) in [5.74, 6) is -1.39. The van der Waals surface area contributed by atoms with Gasteiger partial charge < -0.3 is 15.6 Å². The van der Waals surface area contributed by atoms with Gasteiger partial charge in [0.25, 0.3) is 0 Å². The molecular weight excluding hydrogens is 314 g/mol. The summed E-state index contributed by atoms with van der Waals surface area (Å²) in [6, 6.07) is 14.3. The largest absolute Gasteiger partial charge is 0.361 e. The first-order valence-electron chi connectivity index (χ1n) is 7.02. The number of nitrogens with one attached hydrogen (secondary N) is 3. The van der Waals surface area contributed by atoms with Crippen molar-refractivity contribution in [3.05, 3.63) is 65.3 Å². The van der Waals surface area contributed by atoms with Crippen LogP contribution in [0, 0.1) is 0 Å². The summed E-state index contributed by atoms with van der Waals surface area (Å²) < 4.78 is 0. The van der Waals surface area contributed by atoms with E-state index in [2.05, 4.69) is 15.6 Å². The Morgan fingerprint density at radius 2 is 1.78 bits per heavy atom. The number of fused-ring (bicyclic) bond motifs is 1. The maximum atomic E-state index is 11.9. The smallest absolute Gasteiger partial charge is 0.313 e. The number of amides is 2. The van der Waals surface area contributed by atoms with Gasteiger partial charge in [-0.1, -0.05) is 23.7 Å². The van der Waals surface area contributed by atoms with E-state index in [4.69, 9.17) is 11.6 Å². The van der Waals surface area contributed by atoms with Crippen LogP contribution in [0.2, 0.25) is 5.02 Å². The number of carbonyl (C=O) groups is 2. The quantitative estimate of drug-likeness (QED) is 0.647. The normalized spacial score (nSPS) is 10.5. The molecule has 3 aromatic rings. The van der Waals surface area contributed by atoms with Gasteiger partial charge >= 0.3 is 11.8 Å². The van der Waals surface area contributed by atoms with Crippen molar-refractivity contribution in [3.63, 3.8) is 0 Å². The molecule has 0 aliphatic rings. The number of benzene rings is 2. The molecule has 6 heteroatoms. The minimum atomic E-state index is -0.700. The highest BCUT2D eigenvalue weighted by Gasteiger charge is 2.13. The van der Waals surface area contributed by atoms with E-state index in [0.717, 1.165) is 16.5 Å². The molecule has 1 aromatic heterocycles. The first kappa shape index (κ1) is 15.1. The van der Waals surface area contributed by atoms with Gasteiger partial charge in [0.1, 0.15) is 0 Å². The van der Waals surface area contributed by atoms with Crippen LogP contribution in [0.5, 0.6) is 0 Å². The molecule has 0 atom stereocenters. The van der Waals surface area contributed by atoms with Gasteiger partial charge in [-0.25, -0.2) is 0 Å². The van der Waals surface area contributed by atoms with Crippen LogP contribution in [0.3, 0.4) is 0 Å². The van der Waals surface area contributed by atoms with Crippen molar-refractivity contribution in [3.8, 4) is 0 Å².